The third kappa shape index (κ3) is 2.86. The minimum Gasteiger partial charge on any atom is -0.330 e. The zero-order valence-electron chi connectivity index (χ0n) is 11.9. The lowest BCUT2D eigenvalue weighted by Crippen LogP contribution is -2.53. The van der Waals surface area contributed by atoms with E-state index >= 15 is 0 Å². The van der Waals surface area contributed by atoms with Crippen molar-refractivity contribution in [3.8, 4) is 0 Å². The minimum absolute atomic E-state index is 0.245. The second-order valence-electron chi connectivity index (χ2n) is 6.00. The van der Waals surface area contributed by atoms with Crippen LogP contribution in [0.4, 0.5) is 18.0 Å². The fraction of sp³-hybridized carbons (Fsp3) is 0.846. The number of amides is 3. The summed E-state index contributed by atoms with van der Waals surface area (Å²) in [6.45, 7) is 1.78. The zero-order chi connectivity index (χ0) is 15.8. The normalized spacial score (nSPS) is 31.7. The minimum atomic E-state index is -4.67. The van der Waals surface area contributed by atoms with Gasteiger partial charge in [0.1, 0.15) is 11.6 Å². The van der Waals surface area contributed by atoms with Gasteiger partial charge in [-0.05, 0) is 44.6 Å². The van der Waals surface area contributed by atoms with Crippen LogP contribution in [0.1, 0.15) is 39.0 Å². The van der Waals surface area contributed by atoms with Crippen molar-refractivity contribution in [3.05, 3.63) is 0 Å². The highest BCUT2D eigenvalue weighted by Gasteiger charge is 2.58. The summed E-state index contributed by atoms with van der Waals surface area (Å²) in [7, 11) is 0. The Morgan fingerprint density at radius 1 is 1.38 bits per heavy atom. The lowest BCUT2D eigenvalue weighted by atomic mass is 9.77. The first-order chi connectivity index (χ1) is 9.71. The van der Waals surface area contributed by atoms with Gasteiger partial charge in [0, 0.05) is 0 Å². The molecular formula is C13H20F3N3O2. The van der Waals surface area contributed by atoms with Crippen molar-refractivity contribution >= 4 is 11.9 Å². The molecule has 3 N–H and O–H groups in total. The molecule has 8 heteroatoms. The second-order valence-corrected chi connectivity index (χ2v) is 6.00. The van der Waals surface area contributed by atoms with Crippen molar-refractivity contribution in [2.75, 3.05) is 6.54 Å². The molecule has 1 aliphatic heterocycles. The molecule has 0 radical (unpaired) electrons. The molecule has 5 nitrogen and oxygen atoms in total. The first-order valence-corrected chi connectivity index (χ1v) is 7.14. The van der Waals surface area contributed by atoms with Crippen molar-refractivity contribution in [1.29, 1.82) is 0 Å². The highest BCUT2D eigenvalue weighted by atomic mass is 19.4. The molecule has 0 bridgehead atoms. The number of nitrogens with zero attached hydrogens (tertiary/aromatic N) is 1. The average Bonchev–Trinajstić information content (AvgIpc) is 2.62. The van der Waals surface area contributed by atoms with Crippen LogP contribution in [0.15, 0.2) is 0 Å². The lowest BCUT2D eigenvalue weighted by molar-refractivity contribution is -0.182. The van der Waals surface area contributed by atoms with Gasteiger partial charge in [-0.15, -0.1) is 0 Å². The van der Waals surface area contributed by atoms with Crippen LogP contribution in [-0.4, -0.2) is 41.1 Å². The monoisotopic (exact) mass is 307 g/mol. The van der Waals surface area contributed by atoms with Crippen molar-refractivity contribution < 1.29 is 22.8 Å². The van der Waals surface area contributed by atoms with E-state index in [4.69, 9.17) is 5.73 Å². The largest absolute Gasteiger partial charge is 0.409 e. The Balaban J connectivity index is 2.25. The highest BCUT2D eigenvalue weighted by Crippen LogP contribution is 2.39. The Morgan fingerprint density at radius 2 is 1.95 bits per heavy atom. The summed E-state index contributed by atoms with van der Waals surface area (Å²) in [5.74, 6) is -0.341. The van der Waals surface area contributed by atoms with Crippen LogP contribution in [0.5, 0.6) is 0 Å². The molecule has 1 spiro atoms. The number of imide groups is 1. The molecule has 1 aliphatic carbocycles. The molecule has 0 aromatic rings. The number of carbonyl (C=O) groups is 2. The molecule has 2 aliphatic rings. The van der Waals surface area contributed by atoms with E-state index in [2.05, 4.69) is 5.32 Å². The lowest BCUT2D eigenvalue weighted by Gasteiger charge is -2.34. The van der Waals surface area contributed by atoms with Crippen LogP contribution in [0.25, 0.3) is 0 Å². The van der Waals surface area contributed by atoms with E-state index in [0.717, 1.165) is 0 Å². The molecule has 21 heavy (non-hydrogen) atoms. The maximum absolute atomic E-state index is 13.1. The number of hydrogen-bond donors (Lipinski definition) is 2. The summed E-state index contributed by atoms with van der Waals surface area (Å²) in [6, 6.07) is -3.10. The Labute approximate surface area is 121 Å². The first-order valence-electron chi connectivity index (χ1n) is 7.14. The third-order valence-electron chi connectivity index (χ3n) is 4.45. The van der Waals surface area contributed by atoms with Crippen molar-refractivity contribution in [2.45, 2.75) is 56.8 Å². The van der Waals surface area contributed by atoms with Crippen LogP contribution >= 0.6 is 0 Å². The molecule has 3 amide bonds. The number of halogens is 3. The molecule has 1 saturated heterocycles. The van der Waals surface area contributed by atoms with Gasteiger partial charge in [0.25, 0.3) is 5.91 Å². The van der Waals surface area contributed by atoms with E-state index in [1.54, 1.807) is 0 Å². The van der Waals surface area contributed by atoms with E-state index < -0.39 is 36.1 Å². The van der Waals surface area contributed by atoms with Crippen LogP contribution in [-0.2, 0) is 4.79 Å². The second kappa shape index (κ2) is 5.47. The number of nitrogens with one attached hydrogen (secondary N) is 1. The van der Waals surface area contributed by atoms with Crippen LogP contribution in [0, 0.1) is 5.92 Å². The Kier molecular flexibility index (Phi) is 4.19. The predicted octanol–water partition coefficient (Wildman–Crippen LogP) is 1.77. The SMILES string of the molecule is CC1CCC2(CC1)NC(=O)N(C(CCN)C(F)(F)F)C2=O. The molecule has 1 heterocycles. The summed E-state index contributed by atoms with van der Waals surface area (Å²) in [6.07, 6.45) is -2.93. The van der Waals surface area contributed by atoms with E-state index in [0.29, 0.717) is 36.5 Å². The standard InChI is InChI=1S/C13H20F3N3O2/c1-8-2-5-12(6-3-8)10(20)19(11(21)18-12)9(4-7-17)13(14,15)16/h8-9H,2-7,17H2,1H3,(H,18,21). The fourth-order valence-electron chi connectivity index (χ4n) is 3.12. The van der Waals surface area contributed by atoms with Gasteiger partial charge in [0.15, 0.2) is 0 Å². The van der Waals surface area contributed by atoms with Crippen molar-refractivity contribution in [2.24, 2.45) is 11.7 Å². The number of urea groups is 1. The predicted molar refractivity (Wildman–Crippen MR) is 69.3 cm³/mol. The quantitative estimate of drug-likeness (QED) is 0.780. The van der Waals surface area contributed by atoms with E-state index in [-0.39, 0.29) is 6.54 Å². The van der Waals surface area contributed by atoms with E-state index in [9.17, 15) is 22.8 Å². The van der Waals surface area contributed by atoms with Crippen LogP contribution in [0.2, 0.25) is 0 Å². The number of rotatable bonds is 3. The van der Waals surface area contributed by atoms with Gasteiger partial charge in [-0.2, -0.15) is 13.2 Å². The smallest absolute Gasteiger partial charge is 0.330 e. The molecule has 2 fully saturated rings. The number of alkyl halides is 3. The molecule has 1 saturated carbocycles. The Bertz CT molecular complexity index is 431. The number of nitrogens with two attached hydrogens (primary N) is 1. The summed E-state index contributed by atoms with van der Waals surface area (Å²) in [5, 5.41) is 2.50. The summed E-state index contributed by atoms with van der Waals surface area (Å²) in [5.41, 5.74) is 4.05. The zero-order valence-corrected chi connectivity index (χ0v) is 11.9. The van der Waals surface area contributed by atoms with Crippen LogP contribution in [0.3, 0.4) is 0 Å². The van der Waals surface area contributed by atoms with Gasteiger partial charge in [0.05, 0.1) is 0 Å². The van der Waals surface area contributed by atoms with Crippen LogP contribution < -0.4 is 11.1 Å². The fourth-order valence-corrected chi connectivity index (χ4v) is 3.12. The van der Waals surface area contributed by atoms with Gasteiger partial charge >= 0.3 is 12.2 Å². The van der Waals surface area contributed by atoms with Gasteiger partial charge in [-0.1, -0.05) is 6.92 Å². The Hall–Kier alpha value is -1.31. The Morgan fingerprint density at radius 3 is 2.43 bits per heavy atom. The molecule has 2 rings (SSSR count). The van der Waals surface area contributed by atoms with Gasteiger partial charge in [0.2, 0.25) is 0 Å². The molecule has 1 atom stereocenters. The van der Waals surface area contributed by atoms with E-state index in [1.165, 1.54) is 0 Å². The van der Waals surface area contributed by atoms with E-state index in [1.807, 2.05) is 6.92 Å². The van der Waals surface area contributed by atoms with Gasteiger partial charge in [-0.25, -0.2) is 9.69 Å². The first kappa shape index (κ1) is 16.1. The topological polar surface area (TPSA) is 75.4 Å². The van der Waals surface area contributed by atoms with Gasteiger partial charge in [-0.3, -0.25) is 4.79 Å². The molecule has 0 aromatic heterocycles. The maximum Gasteiger partial charge on any atom is 0.409 e. The molecule has 120 valence electrons. The van der Waals surface area contributed by atoms with Crippen molar-refractivity contribution in [3.63, 3.8) is 0 Å². The van der Waals surface area contributed by atoms with Crippen molar-refractivity contribution in [1.82, 2.24) is 10.2 Å². The number of hydrogen-bond acceptors (Lipinski definition) is 3. The summed E-state index contributed by atoms with van der Waals surface area (Å²) >= 11 is 0. The number of carbonyl (C=O) groups excluding carboxylic acids is 2. The summed E-state index contributed by atoms with van der Waals surface area (Å²) in [4.78, 5) is 24.8. The van der Waals surface area contributed by atoms with Gasteiger partial charge < -0.3 is 11.1 Å². The summed E-state index contributed by atoms with van der Waals surface area (Å²) < 4.78 is 39.3. The average molecular weight is 307 g/mol. The molecular weight excluding hydrogens is 287 g/mol. The highest BCUT2D eigenvalue weighted by molar-refractivity contribution is 6.07. The third-order valence-corrected chi connectivity index (χ3v) is 4.45. The molecule has 1 unspecified atom stereocenters. The molecule has 0 aromatic carbocycles. The maximum atomic E-state index is 13.1.